The summed E-state index contributed by atoms with van der Waals surface area (Å²) in [5.74, 6) is -0.618. The molecule has 1 amide bonds. The lowest BCUT2D eigenvalue weighted by Gasteiger charge is -2.38. The molecular weight excluding hydrogens is 255 g/mol. The Labute approximate surface area is 120 Å². The zero-order chi connectivity index (χ0) is 14.9. The second-order valence-electron chi connectivity index (χ2n) is 6.54. The number of halogens is 1. The highest BCUT2D eigenvalue weighted by Gasteiger charge is 2.31. The lowest BCUT2D eigenvalue weighted by molar-refractivity contribution is 0.0636. The fraction of sp³-hybridized carbons (Fsp3) is 0.562. The van der Waals surface area contributed by atoms with Gasteiger partial charge in [-0.15, -0.1) is 0 Å². The molecule has 0 bridgehead atoms. The molecule has 20 heavy (non-hydrogen) atoms. The average molecular weight is 278 g/mol. The van der Waals surface area contributed by atoms with Crippen LogP contribution >= 0.6 is 0 Å². The van der Waals surface area contributed by atoms with Crippen molar-refractivity contribution in [2.24, 2.45) is 5.41 Å². The van der Waals surface area contributed by atoms with E-state index >= 15 is 0 Å². The largest absolute Gasteiger partial charge is 0.398 e. The SMILES string of the molecule is CN(C(=O)c1cc(F)ccc1N)C1CCC(C)(C)CC1. The summed E-state index contributed by atoms with van der Waals surface area (Å²) in [4.78, 5) is 14.2. The molecule has 1 aromatic carbocycles. The van der Waals surface area contributed by atoms with Crippen LogP contribution in [0.3, 0.4) is 0 Å². The van der Waals surface area contributed by atoms with Gasteiger partial charge in [-0.1, -0.05) is 13.8 Å². The molecule has 4 heteroatoms. The quantitative estimate of drug-likeness (QED) is 0.842. The molecular formula is C16H23FN2O. The lowest BCUT2D eigenvalue weighted by atomic mass is 9.75. The molecule has 110 valence electrons. The number of nitrogens with two attached hydrogens (primary N) is 1. The number of nitrogens with zero attached hydrogens (tertiary/aromatic N) is 1. The summed E-state index contributed by atoms with van der Waals surface area (Å²) >= 11 is 0. The van der Waals surface area contributed by atoms with Crippen molar-refractivity contribution >= 4 is 11.6 Å². The summed E-state index contributed by atoms with van der Waals surface area (Å²) in [6, 6.07) is 4.16. The normalized spacial score (nSPS) is 18.8. The monoisotopic (exact) mass is 278 g/mol. The van der Waals surface area contributed by atoms with E-state index in [1.165, 1.54) is 18.2 Å². The van der Waals surface area contributed by atoms with Crippen LogP contribution in [0.15, 0.2) is 18.2 Å². The van der Waals surface area contributed by atoms with Gasteiger partial charge in [-0.2, -0.15) is 0 Å². The molecule has 0 spiro atoms. The molecule has 0 radical (unpaired) electrons. The summed E-state index contributed by atoms with van der Waals surface area (Å²) in [6.45, 7) is 4.52. The van der Waals surface area contributed by atoms with Crippen LogP contribution < -0.4 is 5.73 Å². The Morgan fingerprint density at radius 1 is 1.35 bits per heavy atom. The maximum absolute atomic E-state index is 13.3. The number of amides is 1. The average Bonchev–Trinajstić information content (AvgIpc) is 2.40. The van der Waals surface area contributed by atoms with Crippen molar-refractivity contribution in [1.82, 2.24) is 4.90 Å². The molecule has 1 fully saturated rings. The Balaban J connectivity index is 2.11. The summed E-state index contributed by atoms with van der Waals surface area (Å²) in [5, 5.41) is 0. The molecule has 1 aromatic rings. The van der Waals surface area contributed by atoms with Gasteiger partial charge < -0.3 is 10.6 Å². The van der Waals surface area contributed by atoms with Crippen LogP contribution in [0.25, 0.3) is 0 Å². The highest BCUT2D eigenvalue weighted by Crippen LogP contribution is 2.37. The van der Waals surface area contributed by atoms with Crippen molar-refractivity contribution in [3.8, 4) is 0 Å². The Kier molecular flexibility index (Phi) is 4.02. The first-order valence-electron chi connectivity index (χ1n) is 7.12. The minimum absolute atomic E-state index is 0.188. The topological polar surface area (TPSA) is 46.3 Å². The van der Waals surface area contributed by atoms with E-state index in [1.54, 1.807) is 11.9 Å². The van der Waals surface area contributed by atoms with E-state index in [-0.39, 0.29) is 17.5 Å². The number of rotatable bonds is 2. The zero-order valence-electron chi connectivity index (χ0n) is 12.4. The van der Waals surface area contributed by atoms with E-state index in [1.807, 2.05) is 0 Å². The molecule has 0 unspecified atom stereocenters. The predicted molar refractivity (Wildman–Crippen MR) is 78.9 cm³/mol. The summed E-state index contributed by atoms with van der Waals surface area (Å²) < 4.78 is 13.3. The van der Waals surface area contributed by atoms with Crippen LogP contribution in [0.2, 0.25) is 0 Å². The van der Waals surface area contributed by atoms with Crippen LogP contribution in [-0.4, -0.2) is 23.9 Å². The van der Waals surface area contributed by atoms with Crippen molar-refractivity contribution in [3.63, 3.8) is 0 Å². The third-order valence-corrected chi connectivity index (χ3v) is 4.42. The Morgan fingerprint density at radius 2 is 1.95 bits per heavy atom. The molecule has 2 N–H and O–H groups in total. The van der Waals surface area contributed by atoms with Crippen molar-refractivity contribution < 1.29 is 9.18 Å². The number of hydrogen-bond donors (Lipinski definition) is 1. The number of anilines is 1. The van der Waals surface area contributed by atoms with Crippen LogP contribution in [0, 0.1) is 11.2 Å². The Morgan fingerprint density at radius 3 is 2.55 bits per heavy atom. The van der Waals surface area contributed by atoms with E-state index < -0.39 is 5.82 Å². The van der Waals surface area contributed by atoms with Crippen LogP contribution in [0.5, 0.6) is 0 Å². The maximum atomic E-state index is 13.3. The Bertz CT molecular complexity index is 503. The van der Waals surface area contributed by atoms with Crippen LogP contribution in [-0.2, 0) is 0 Å². The smallest absolute Gasteiger partial charge is 0.256 e. The predicted octanol–water partition coefficient (Wildman–Crippen LogP) is 3.45. The van der Waals surface area contributed by atoms with E-state index in [4.69, 9.17) is 5.73 Å². The van der Waals surface area contributed by atoms with E-state index in [0.29, 0.717) is 11.1 Å². The van der Waals surface area contributed by atoms with E-state index in [9.17, 15) is 9.18 Å². The Hall–Kier alpha value is -1.58. The minimum atomic E-state index is -0.430. The van der Waals surface area contributed by atoms with Crippen LogP contribution in [0.4, 0.5) is 10.1 Å². The van der Waals surface area contributed by atoms with Gasteiger partial charge in [0.05, 0.1) is 5.56 Å². The molecule has 1 aliphatic carbocycles. The molecule has 0 aliphatic heterocycles. The van der Waals surface area contributed by atoms with Crippen molar-refractivity contribution in [2.75, 3.05) is 12.8 Å². The van der Waals surface area contributed by atoms with Gasteiger partial charge in [0.15, 0.2) is 0 Å². The first kappa shape index (κ1) is 14.8. The van der Waals surface area contributed by atoms with Gasteiger partial charge in [0.1, 0.15) is 5.82 Å². The summed E-state index contributed by atoms with van der Waals surface area (Å²) in [6.07, 6.45) is 4.19. The van der Waals surface area contributed by atoms with E-state index in [0.717, 1.165) is 25.7 Å². The zero-order valence-corrected chi connectivity index (χ0v) is 12.4. The molecule has 0 saturated heterocycles. The van der Waals surface area contributed by atoms with Crippen LogP contribution in [0.1, 0.15) is 49.9 Å². The van der Waals surface area contributed by atoms with Gasteiger partial charge in [-0.25, -0.2) is 4.39 Å². The van der Waals surface area contributed by atoms with Gasteiger partial charge in [-0.05, 0) is 49.3 Å². The van der Waals surface area contributed by atoms with Gasteiger partial charge in [0.2, 0.25) is 0 Å². The van der Waals surface area contributed by atoms with Crippen molar-refractivity contribution in [1.29, 1.82) is 0 Å². The highest BCUT2D eigenvalue weighted by atomic mass is 19.1. The first-order chi connectivity index (χ1) is 9.30. The van der Waals surface area contributed by atoms with Gasteiger partial charge in [0.25, 0.3) is 5.91 Å². The molecule has 0 atom stereocenters. The van der Waals surface area contributed by atoms with E-state index in [2.05, 4.69) is 13.8 Å². The third-order valence-electron chi connectivity index (χ3n) is 4.42. The molecule has 3 nitrogen and oxygen atoms in total. The maximum Gasteiger partial charge on any atom is 0.256 e. The van der Waals surface area contributed by atoms with Crippen molar-refractivity contribution in [3.05, 3.63) is 29.6 Å². The first-order valence-corrected chi connectivity index (χ1v) is 7.12. The molecule has 1 aliphatic rings. The molecule has 2 rings (SSSR count). The molecule has 1 saturated carbocycles. The molecule has 0 heterocycles. The second kappa shape index (κ2) is 5.43. The fourth-order valence-electron chi connectivity index (χ4n) is 2.84. The number of benzene rings is 1. The number of carbonyl (C=O) groups is 1. The lowest BCUT2D eigenvalue weighted by Crippen LogP contribution is -2.41. The minimum Gasteiger partial charge on any atom is -0.398 e. The number of carbonyl (C=O) groups excluding carboxylic acids is 1. The van der Waals surface area contributed by atoms with Gasteiger partial charge in [0, 0.05) is 18.8 Å². The third kappa shape index (κ3) is 3.11. The standard InChI is InChI=1S/C16H23FN2O/c1-16(2)8-6-12(7-9-16)19(3)15(20)13-10-11(17)4-5-14(13)18/h4-5,10,12H,6-9,18H2,1-3H3. The fourth-order valence-corrected chi connectivity index (χ4v) is 2.84. The van der Waals surface area contributed by atoms with Gasteiger partial charge in [-0.3, -0.25) is 4.79 Å². The van der Waals surface area contributed by atoms with Crippen molar-refractivity contribution in [2.45, 2.75) is 45.6 Å². The second-order valence-corrected chi connectivity index (χ2v) is 6.54. The van der Waals surface area contributed by atoms with Gasteiger partial charge >= 0.3 is 0 Å². The highest BCUT2D eigenvalue weighted by molar-refractivity contribution is 5.99. The summed E-state index contributed by atoms with van der Waals surface area (Å²) in [5.41, 5.74) is 6.74. The summed E-state index contributed by atoms with van der Waals surface area (Å²) in [7, 11) is 1.79. The number of nitrogen functional groups attached to an aromatic ring is 1. The number of hydrogen-bond acceptors (Lipinski definition) is 2. The molecule has 0 aromatic heterocycles.